The number of halogens is 4. The van der Waals surface area contributed by atoms with E-state index in [9.17, 15) is 8.78 Å². The molecule has 0 heterocycles. The fourth-order valence-electron chi connectivity index (χ4n) is 2.19. The van der Waals surface area contributed by atoms with Gasteiger partial charge in [0.2, 0.25) is 0 Å². The maximum atomic E-state index is 14.2. The highest BCUT2D eigenvalue weighted by Gasteiger charge is 2.24. The van der Waals surface area contributed by atoms with Crippen molar-refractivity contribution in [1.82, 2.24) is 5.32 Å². The van der Waals surface area contributed by atoms with Crippen LogP contribution in [0.3, 0.4) is 0 Å². The van der Waals surface area contributed by atoms with Crippen LogP contribution in [0.5, 0.6) is 5.75 Å². The van der Waals surface area contributed by atoms with Crippen molar-refractivity contribution in [3.05, 3.63) is 62.6 Å². The predicted octanol–water partition coefficient (Wildman–Crippen LogP) is 4.70. The van der Waals surface area contributed by atoms with Crippen LogP contribution < -0.4 is 10.1 Å². The monoisotopic (exact) mass is 375 g/mol. The Hall–Kier alpha value is -1.17. The highest BCUT2D eigenvalue weighted by Crippen LogP contribution is 2.36. The maximum Gasteiger partial charge on any atom is 0.132 e. The van der Waals surface area contributed by atoms with Crippen molar-refractivity contribution in [1.29, 1.82) is 0 Å². The van der Waals surface area contributed by atoms with Crippen LogP contribution in [0.15, 0.2) is 34.8 Å². The van der Waals surface area contributed by atoms with Gasteiger partial charge in [-0.25, -0.2) is 8.78 Å². The zero-order valence-electron chi connectivity index (χ0n) is 11.4. The molecule has 0 bridgehead atoms. The SMILES string of the molecule is CNC(c1cc(Cl)c(Br)cc1F)c1c(F)cccc1OC. The molecule has 0 amide bonds. The van der Waals surface area contributed by atoms with Crippen molar-refractivity contribution >= 4 is 27.5 Å². The Bertz CT molecular complexity index is 666. The molecule has 0 aliphatic heterocycles. The summed E-state index contributed by atoms with van der Waals surface area (Å²) in [6, 6.07) is 6.48. The van der Waals surface area contributed by atoms with Gasteiger partial charge in [-0.05, 0) is 47.2 Å². The fourth-order valence-corrected chi connectivity index (χ4v) is 2.68. The molecule has 2 aromatic carbocycles. The largest absolute Gasteiger partial charge is 0.496 e. The average Bonchev–Trinajstić information content (AvgIpc) is 2.46. The molecule has 0 saturated heterocycles. The number of hydrogen-bond donors (Lipinski definition) is 1. The molecular formula is C15H13BrClF2NO. The van der Waals surface area contributed by atoms with E-state index in [0.717, 1.165) is 0 Å². The highest BCUT2D eigenvalue weighted by atomic mass is 79.9. The van der Waals surface area contributed by atoms with E-state index in [2.05, 4.69) is 21.2 Å². The quantitative estimate of drug-likeness (QED) is 0.781. The molecule has 0 radical (unpaired) electrons. The molecule has 6 heteroatoms. The standard InChI is InChI=1S/C15H13BrClF2NO/c1-20-15(8-6-10(17)9(16)7-12(8)19)14-11(18)4-3-5-13(14)21-2/h3-7,15,20H,1-2H3. The number of rotatable bonds is 4. The lowest BCUT2D eigenvalue weighted by Crippen LogP contribution is -2.21. The first-order valence-electron chi connectivity index (χ1n) is 6.13. The molecule has 0 aliphatic carbocycles. The second kappa shape index (κ2) is 6.73. The van der Waals surface area contributed by atoms with E-state index in [1.54, 1.807) is 13.1 Å². The predicted molar refractivity (Wildman–Crippen MR) is 83.0 cm³/mol. The van der Waals surface area contributed by atoms with Gasteiger partial charge >= 0.3 is 0 Å². The fraction of sp³-hybridized carbons (Fsp3) is 0.200. The molecule has 1 N–H and O–H groups in total. The number of benzene rings is 2. The van der Waals surface area contributed by atoms with Crippen LogP contribution in [0.4, 0.5) is 8.78 Å². The Morgan fingerprint density at radius 2 is 1.95 bits per heavy atom. The third-order valence-corrected chi connectivity index (χ3v) is 4.36. The smallest absolute Gasteiger partial charge is 0.132 e. The van der Waals surface area contributed by atoms with Crippen LogP contribution in [0.2, 0.25) is 5.02 Å². The Balaban J connectivity index is 2.63. The summed E-state index contributed by atoms with van der Waals surface area (Å²) in [7, 11) is 3.06. The second-order valence-corrected chi connectivity index (χ2v) is 5.63. The van der Waals surface area contributed by atoms with Crippen molar-refractivity contribution in [2.45, 2.75) is 6.04 Å². The van der Waals surface area contributed by atoms with Crippen molar-refractivity contribution in [2.75, 3.05) is 14.2 Å². The van der Waals surface area contributed by atoms with Crippen LogP contribution in [0.25, 0.3) is 0 Å². The Morgan fingerprint density at radius 1 is 1.24 bits per heavy atom. The third kappa shape index (κ3) is 3.20. The van der Waals surface area contributed by atoms with Gasteiger partial charge in [-0.15, -0.1) is 0 Å². The zero-order valence-corrected chi connectivity index (χ0v) is 13.7. The molecule has 112 valence electrons. The first kappa shape index (κ1) is 16.2. The van der Waals surface area contributed by atoms with E-state index in [-0.39, 0.29) is 11.1 Å². The van der Waals surface area contributed by atoms with Crippen LogP contribution in [0, 0.1) is 11.6 Å². The molecule has 0 aromatic heterocycles. The molecule has 2 rings (SSSR count). The lowest BCUT2D eigenvalue weighted by Gasteiger charge is -2.21. The van der Waals surface area contributed by atoms with E-state index in [0.29, 0.717) is 15.2 Å². The summed E-state index contributed by atoms with van der Waals surface area (Å²) in [5, 5.41) is 3.25. The molecule has 0 spiro atoms. The summed E-state index contributed by atoms with van der Waals surface area (Å²) in [5.41, 5.74) is 0.480. The van der Waals surface area contributed by atoms with E-state index in [1.807, 2.05) is 0 Å². The highest BCUT2D eigenvalue weighted by molar-refractivity contribution is 9.10. The van der Waals surface area contributed by atoms with Gasteiger partial charge in [0.25, 0.3) is 0 Å². The van der Waals surface area contributed by atoms with Gasteiger partial charge in [0.05, 0.1) is 23.7 Å². The van der Waals surface area contributed by atoms with Gasteiger partial charge < -0.3 is 10.1 Å². The molecule has 2 aromatic rings. The Labute approximate surface area is 135 Å². The van der Waals surface area contributed by atoms with Crippen molar-refractivity contribution in [3.63, 3.8) is 0 Å². The Morgan fingerprint density at radius 3 is 2.57 bits per heavy atom. The lowest BCUT2D eigenvalue weighted by atomic mass is 9.97. The summed E-state index contributed by atoms with van der Waals surface area (Å²) in [6.45, 7) is 0. The van der Waals surface area contributed by atoms with Crippen molar-refractivity contribution in [3.8, 4) is 5.75 Å². The number of nitrogens with one attached hydrogen (secondary N) is 1. The molecule has 1 unspecified atom stereocenters. The molecule has 0 fully saturated rings. The summed E-state index contributed by atoms with van der Waals surface area (Å²) in [5.74, 6) is -0.629. The molecule has 21 heavy (non-hydrogen) atoms. The van der Waals surface area contributed by atoms with Crippen LogP contribution >= 0.6 is 27.5 Å². The van der Waals surface area contributed by atoms with Gasteiger partial charge in [0.15, 0.2) is 0 Å². The molecule has 2 nitrogen and oxygen atoms in total. The molecule has 0 aliphatic rings. The minimum absolute atomic E-state index is 0.236. The summed E-state index contributed by atoms with van der Waals surface area (Å²) in [6.07, 6.45) is 0. The lowest BCUT2D eigenvalue weighted by molar-refractivity contribution is 0.397. The maximum absolute atomic E-state index is 14.2. The first-order valence-corrected chi connectivity index (χ1v) is 7.30. The van der Waals surface area contributed by atoms with E-state index < -0.39 is 17.7 Å². The topological polar surface area (TPSA) is 21.3 Å². The number of methoxy groups -OCH3 is 1. The van der Waals surface area contributed by atoms with Crippen LogP contribution in [-0.4, -0.2) is 14.2 Å². The van der Waals surface area contributed by atoms with E-state index >= 15 is 0 Å². The number of ether oxygens (including phenoxy) is 1. The summed E-state index contributed by atoms with van der Waals surface area (Å²) >= 11 is 9.18. The third-order valence-electron chi connectivity index (χ3n) is 3.16. The van der Waals surface area contributed by atoms with Crippen molar-refractivity contribution < 1.29 is 13.5 Å². The average molecular weight is 377 g/mol. The first-order chi connectivity index (χ1) is 9.99. The van der Waals surface area contributed by atoms with Gasteiger partial charge in [-0.3, -0.25) is 0 Å². The van der Waals surface area contributed by atoms with Gasteiger partial charge in [0.1, 0.15) is 17.4 Å². The summed E-state index contributed by atoms with van der Waals surface area (Å²) in [4.78, 5) is 0. The minimum Gasteiger partial charge on any atom is -0.496 e. The number of hydrogen-bond acceptors (Lipinski definition) is 2. The zero-order chi connectivity index (χ0) is 15.6. The normalized spacial score (nSPS) is 12.3. The molecule has 0 saturated carbocycles. The molecular weight excluding hydrogens is 364 g/mol. The van der Waals surface area contributed by atoms with Crippen molar-refractivity contribution in [2.24, 2.45) is 0 Å². The molecule has 1 atom stereocenters. The van der Waals surface area contributed by atoms with Crippen LogP contribution in [0.1, 0.15) is 17.2 Å². The van der Waals surface area contributed by atoms with Gasteiger partial charge in [-0.2, -0.15) is 0 Å². The van der Waals surface area contributed by atoms with Crippen LogP contribution in [-0.2, 0) is 0 Å². The van der Waals surface area contributed by atoms with E-state index in [4.69, 9.17) is 16.3 Å². The summed E-state index contributed by atoms with van der Waals surface area (Å²) < 4.78 is 34.0. The Kier molecular flexibility index (Phi) is 5.19. The van der Waals surface area contributed by atoms with Gasteiger partial charge in [0, 0.05) is 10.0 Å². The second-order valence-electron chi connectivity index (χ2n) is 4.37. The minimum atomic E-state index is -0.716. The van der Waals surface area contributed by atoms with Gasteiger partial charge in [-0.1, -0.05) is 17.7 Å². The van der Waals surface area contributed by atoms with E-state index in [1.165, 1.54) is 31.4 Å².